The van der Waals surface area contributed by atoms with Gasteiger partial charge in [-0.25, -0.2) is 13.8 Å². The van der Waals surface area contributed by atoms with Crippen molar-refractivity contribution in [1.29, 1.82) is 0 Å². The number of amides is 1. The molecule has 1 heterocycles. The van der Waals surface area contributed by atoms with E-state index in [2.05, 4.69) is 20.9 Å². The molecule has 0 spiro atoms. The summed E-state index contributed by atoms with van der Waals surface area (Å²) in [6, 6.07) is 9.84. The molecule has 2 aromatic carbocycles. The molecule has 0 aliphatic carbocycles. The van der Waals surface area contributed by atoms with Gasteiger partial charge in [-0.2, -0.15) is 0 Å². The van der Waals surface area contributed by atoms with Gasteiger partial charge in [-0.05, 0) is 37.4 Å². The van der Waals surface area contributed by atoms with E-state index in [4.69, 9.17) is 5.73 Å². The Kier molecular flexibility index (Phi) is 6.70. The quantitative estimate of drug-likeness (QED) is 0.323. The van der Waals surface area contributed by atoms with E-state index >= 15 is 0 Å². The zero-order valence-electron chi connectivity index (χ0n) is 16.0. The van der Waals surface area contributed by atoms with Crippen LogP contribution in [0.3, 0.4) is 0 Å². The molecular formula is C20H19F2N5O2S. The van der Waals surface area contributed by atoms with E-state index in [9.17, 15) is 18.4 Å². The highest BCUT2D eigenvalue weighted by Gasteiger charge is 2.24. The van der Waals surface area contributed by atoms with Gasteiger partial charge in [0.1, 0.15) is 22.3 Å². The second-order valence-corrected chi connectivity index (χ2v) is 7.22. The van der Waals surface area contributed by atoms with Crippen molar-refractivity contribution in [2.24, 2.45) is 0 Å². The summed E-state index contributed by atoms with van der Waals surface area (Å²) < 4.78 is 27.9. The fourth-order valence-electron chi connectivity index (χ4n) is 2.64. The number of halogens is 2. The number of hydrogen-bond donors (Lipinski definition) is 4. The first-order chi connectivity index (χ1) is 14.4. The minimum atomic E-state index is -0.973. The molecule has 0 atom stereocenters. The Balaban J connectivity index is 1.79. The number of nitrogens with zero attached hydrogens (tertiary/aromatic N) is 1. The van der Waals surface area contributed by atoms with Crippen LogP contribution < -0.4 is 21.7 Å². The summed E-state index contributed by atoms with van der Waals surface area (Å²) in [5.74, 6) is -3.21. The van der Waals surface area contributed by atoms with Crippen LogP contribution >= 0.6 is 11.3 Å². The Bertz CT molecular complexity index is 1070. The summed E-state index contributed by atoms with van der Waals surface area (Å²) in [7, 11) is 1.79. The van der Waals surface area contributed by atoms with E-state index in [1.165, 1.54) is 6.07 Å². The molecule has 0 aliphatic rings. The molecular weight excluding hydrogens is 412 g/mol. The van der Waals surface area contributed by atoms with Crippen molar-refractivity contribution in [1.82, 2.24) is 15.6 Å². The van der Waals surface area contributed by atoms with E-state index in [1.807, 2.05) is 0 Å². The first-order valence-electron chi connectivity index (χ1n) is 8.95. The lowest BCUT2D eigenvalue weighted by Crippen LogP contribution is -2.30. The van der Waals surface area contributed by atoms with Crippen LogP contribution in [0.4, 0.5) is 25.4 Å². The maximum Gasteiger partial charge on any atom is 0.251 e. The predicted molar refractivity (Wildman–Crippen MR) is 112 cm³/mol. The number of aromatic nitrogens is 1. The fourth-order valence-corrected chi connectivity index (χ4v) is 3.49. The largest absolute Gasteiger partial charge is 0.382 e. The van der Waals surface area contributed by atoms with Crippen LogP contribution in [0, 0.1) is 11.6 Å². The number of rotatable bonds is 8. The number of thiazole rings is 1. The third-order valence-electron chi connectivity index (χ3n) is 4.09. The van der Waals surface area contributed by atoms with Gasteiger partial charge in [0.2, 0.25) is 5.78 Å². The van der Waals surface area contributed by atoms with Crippen molar-refractivity contribution in [3.05, 3.63) is 70.1 Å². The van der Waals surface area contributed by atoms with Crippen molar-refractivity contribution in [3.63, 3.8) is 0 Å². The molecule has 0 saturated carbocycles. The molecule has 0 radical (unpaired) electrons. The lowest BCUT2D eigenvalue weighted by atomic mass is 10.1. The van der Waals surface area contributed by atoms with Gasteiger partial charge in [-0.1, -0.05) is 23.5 Å². The third kappa shape index (κ3) is 4.78. The van der Waals surface area contributed by atoms with Crippen molar-refractivity contribution < 1.29 is 18.4 Å². The number of carbonyl (C=O) groups is 2. The van der Waals surface area contributed by atoms with Crippen LogP contribution in [0.1, 0.15) is 25.6 Å². The topological polar surface area (TPSA) is 109 Å². The normalized spacial score (nSPS) is 10.6. The second-order valence-electron chi connectivity index (χ2n) is 6.22. The molecule has 1 amide bonds. The van der Waals surface area contributed by atoms with Gasteiger partial charge in [-0.3, -0.25) is 9.59 Å². The monoisotopic (exact) mass is 431 g/mol. The molecule has 0 fully saturated rings. The average molecular weight is 431 g/mol. The Morgan fingerprint density at radius 2 is 1.80 bits per heavy atom. The molecule has 7 nitrogen and oxygen atoms in total. The zero-order chi connectivity index (χ0) is 21.7. The van der Waals surface area contributed by atoms with Gasteiger partial charge in [-0.15, -0.1) is 0 Å². The molecule has 3 aromatic rings. The highest BCUT2D eigenvalue weighted by Crippen LogP contribution is 2.31. The Labute approximate surface area is 175 Å². The van der Waals surface area contributed by atoms with Crippen molar-refractivity contribution in [3.8, 4) is 0 Å². The summed E-state index contributed by atoms with van der Waals surface area (Å²) in [4.78, 5) is 28.7. The van der Waals surface area contributed by atoms with E-state index in [0.717, 1.165) is 23.5 Å². The summed E-state index contributed by atoms with van der Waals surface area (Å²) in [5, 5.41) is 8.91. The molecule has 0 saturated heterocycles. The number of hydrogen-bond acceptors (Lipinski definition) is 7. The lowest BCUT2D eigenvalue weighted by molar-refractivity contribution is 0.0953. The highest BCUT2D eigenvalue weighted by atomic mass is 32.1. The molecule has 0 unspecified atom stereocenters. The number of likely N-dealkylation sites (N-methyl/N-ethyl adjacent to an activating group) is 1. The lowest BCUT2D eigenvalue weighted by Gasteiger charge is -2.07. The van der Waals surface area contributed by atoms with Crippen molar-refractivity contribution >= 4 is 39.7 Å². The number of ketones is 1. The Morgan fingerprint density at radius 3 is 2.50 bits per heavy atom. The number of benzene rings is 2. The molecule has 1 aromatic heterocycles. The van der Waals surface area contributed by atoms with E-state index in [0.29, 0.717) is 24.3 Å². The fraction of sp³-hybridized carbons (Fsp3) is 0.150. The van der Waals surface area contributed by atoms with Gasteiger partial charge in [0.15, 0.2) is 5.13 Å². The van der Waals surface area contributed by atoms with Crippen molar-refractivity contribution in [2.75, 3.05) is 31.2 Å². The summed E-state index contributed by atoms with van der Waals surface area (Å²) in [5.41, 5.74) is 6.10. The van der Waals surface area contributed by atoms with E-state index in [-0.39, 0.29) is 21.7 Å². The zero-order valence-corrected chi connectivity index (χ0v) is 16.8. The number of nitrogen functional groups attached to an aromatic ring is 1. The molecule has 3 rings (SSSR count). The van der Waals surface area contributed by atoms with Crippen LogP contribution in [-0.4, -0.2) is 36.8 Å². The number of nitrogens with two attached hydrogens (primary N) is 1. The van der Waals surface area contributed by atoms with Gasteiger partial charge in [0, 0.05) is 24.3 Å². The second kappa shape index (κ2) is 9.42. The van der Waals surface area contributed by atoms with Crippen LogP contribution in [-0.2, 0) is 0 Å². The molecule has 30 heavy (non-hydrogen) atoms. The minimum absolute atomic E-state index is 0.0811. The SMILES string of the molecule is CNCCNC(=O)c1cccc(Nc2nc(N)c(C(=O)c3c(F)cccc3F)s2)c1. The van der Waals surface area contributed by atoms with Gasteiger partial charge in [0.05, 0.1) is 5.56 Å². The first kappa shape index (κ1) is 21.3. The predicted octanol–water partition coefficient (Wildman–Crippen LogP) is 2.93. The molecule has 0 bridgehead atoms. The summed E-state index contributed by atoms with van der Waals surface area (Å²) in [6.45, 7) is 1.12. The molecule has 0 aliphatic heterocycles. The van der Waals surface area contributed by atoms with Gasteiger partial charge >= 0.3 is 0 Å². The minimum Gasteiger partial charge on any atom is -0.382 e. The maximum absolute atomic E-state index is 13.9. The Hall–Kier alpha value is -3.37. The average Bonchev–Trinajstić information content (AvgIpc) is 3.08. The Morgan fingerprint density at radius 1 is 1.10 bits per heavy atom. The summed E-state index contributed by atoms with van der Waals surface area (Å²) in [6.07, 6.45) is 0. The third-order valence-corrected chi connectivity index (χ3v) is 5.07. The van der Waals surface area contributed by atoms with Crippen LogP contribution in [0.2, 0.25) is 0 Å². The number of anilines is 3. The number of carbonyl (C=O) groups excluding carboxylic acids is 2. The van der Waals surface area contributed by atoms with Gasteiger partial charge < -0.3 is 21.7 Å². The first-order valence-corrected chi connectivity index (χ1v) is 9.77. The summed E-state index contributed by atoms with van der Waals surface area (Å²) >= 11 is 0.867. The molecule has 156 valence electrons. The van der Waals surface area contributed by atoms with Crippen LogP contribution in [0.15, 0.2) is 42.5 Å². The molecule has 5 N–H and O–H groups in total. The molecule has 10 heteroatoms. The van der Waals surface area contributed by atoms with E-state index in [1.54, 1.807) is 31.3 Å². The van der Waals surface area contributed by atoms with Crippen molar-refractivity contribution in [2.45, 2.75) is 0 Å². The van der Waals surface area contributed by atoms with Gasteiger partial charge in [0.25, 0.3) is 5.91 Å². The number of nitrogens with one attached hydrogen (secondary N) is 3. The smallest absolute Gasteiger partial charge is 0.251 e. The standard InChI is InChI=1S/C20H19F2N5O2S/c1-24-8-9-25-19(29)11-4-2-5-12(10-11)26-20-27-18(23)17(30-20)16(28)15-13(21)6-3-7-14(15)22/h2-7,10,24H,8-9,23H2,1H3,(H,25,29)(H,26,27). The maximum atomic E-state index is 13.9. The van der Waals surface area contributed by atoms with Crippen LogP contribution in [0.25, 0.3) is 0 Å². The van der Waals surface area contributed by atoms with E-state index < -0.39 is 23.0 Å². The van der Waals surface area contributed by atoms with Crippen LogP contribution in [0.5, 0.6) is 0 Å². The highest BCUT2D eigenvalue weighted by molar-refractivity contribution is 7.18.